The molecule has 0 aromatic heterocycles. The molecular formula is C55H59Si. The van der Waals surface area contributed by atoms with Crippen molar-refractivity contribution in [3.8, 4) is 22.3 Å². The predicted molar refractivity (Wildman–Crippen MR) is 250 cm³/mol. The molecule has 0 saturated heterocycles. The monoisotopic (exact) mass is 747 g/mol. The zero-order chi connectivity index (χ0) is 40.0. The third kappa shape index (κ3) is 7.14. The van der Waals surface area contributed by atoms with Gasteiger partial charge in [0.15, 0.2) is 0 Å². The van der Waals surface area contributed by atoms with Crippen molar-refractivity contribution in [3.05, 3.63) is 202 Å². The summed E-state index contributed by atoms with van der Waals surface area (Å²) < 4.78 is 0. The van der Waals surface area contributed by atoms with Crippen LogP contribution in [-0.2, 0) is 5.41 Å². The lowest BCUT2D eigenvalue weighted by Gasteiger charge is -2.37. The minimum Gasteiger partial charge on any atom is -0.0991 e. The van der Waals surface area contributed by atoms with E-state index in [1.165, 1.54) is 73.7 Å². The van der Waals surface area contributed by atoms with Gasteiger partial charge < -0.3 is 0 Å². The van der Waals surface area contributed by atoms with Gasteiger partial charge in [-0.15, -0.1) is 0 Å². The molecule has 1 aliphatic rings. The largest absolute Gasteiger partial charge is 0.0991 e. The highest BCUT2D eigenvalue weighted by Gasteiger charge is 2.48. The number of allylic oxidation sites excluding steroid dienone is 8. The molecule has 0 fully saturated rings. The summed E-state index contributed by atoms with van der Waals surface area (Å²) in [6.45, 7) is 31.6. The van der Waals surface area contributed by atoms with Crippen LogP contribution in [-0.4, -0.2) is 8.80 Å². The topological polar surface area (TPSA) is 0 Å². The van der Waals surface area contributed by atoms with Gasteiger partial charge in [0.1, 0.15) is 0 Å². The number of benzene rings is 5. The van der Waals surface area contributed by atoms with E-state index in [2.05, 4.69) is 194 Å². The summed E-state index contributed by atoms with van der Waals surface area (Å²) in [4.78, 5) is 0. The van der Waals surface area contributed by atoms with E-state index in [0.29, 0.717) is 0 Å². The summed E-state index contributed by atoms with van der Waals surface area (Å²) in [6.07, 6.45) is 14.9. The number of fused-ring (bicyclic) bond motifs is 3. The van der Waals surface area contributed by atoms with Gasteiger partial charge in [-0.2, -0.15) is 0 Å². The predicted octanol–water partition coefficient (Wildman–Crippen LogP) is 14.1. The summed E-state index contributed by atoms with van der Waals surface area (Å²) in [7, 11) is -0.526. The van der Waals surface area contributed by atoms with Crippen molar-refractivity contribution in [1.82, 2.24) is 0 Å². The Labute approximate surface area is 339 Å². The van der Waals surface area contributed by atoms with E-state index in [0.717, 1.165) is 35.3 Å². The lowest BCUT2D eigenvalue weighted by molar-refractivity contribution is 0.628. The molecule has 1 heteroatoms. The number of hydrogen-bond donors (Lipinski definition) is 0. The van der Waals surface area contributed by atoms with E-state index in [-0.39, 0.29) is 5.04 Å². The molecule has 2 unspecified atom stereocenters. The van der Waals surface area contributed by atoms with Crippen LogP contribution in [0.2, 0.25) is 17.6 Å². The Morgan fingerprint density at radius 1 is 0.732 bits per heavy atom. The van der Waals surface area contributed by atoms with Gasteiger partial charge in [0.05, 0.1) is 14.2 Å². The van der Waals surface area contributed by atoms with Gasteiger partial charge in [0.2, 0.25) is 0 Å². The number of rotatable bonds is 15. The average Bonchev–Trinajstić information content (AvgIpc) is 3.53. The molecule has 5 aromatic carbocycles. The molecule has 1 radical (unpaired) electrons. The van der Waals surface area contributed by atoms with Crippen LogP contribution in [0.3, 0.4) is 0 Å². The maximum atomic E-state index is 4.80. The molecule has 0 heterocycles. The molecule has 0 spiro atoms. The highest BCUT2D eigenvalue weighted by molar-refractivity contribution is 6.61. The van der Waals surface area contributed by atoms with Crippen LogP contribution in [0.4, 0.5) is 0 Å². The van der Waals surface area contributed by atoms with Gasteiger partial charge in [-0.05, 0) is 127 Å². The summed E-state index contributed by atoms with van der Waals surface area (Å²) in [5, 5.41) is 2.16. The fraction of sp³-hybridized carbons (Fsp3) is 0.236. The fourth-order valence-corrected chi connectivity index (χ4v) is 11.4. The second kappa shape index (κ2) is 17.3. The van der Waals surface area contributed by atoms with Crippen molar-refractivity contribution in [2.75, 3.05) is 0 Å². The summed E-state index contributed by atoms with van der Waals surface area (Å²) in [5.41, 5.74) is 15.7. The molecule has 0 saturated carbocycles. The minimum absolute atomic E-state index is 0.278. The van der Waals surface area contributed by atoms with Crippen LogP contribution in [0, 0.1) is 0 Å². The van der Waals surface area contributed by atoms with Crippen LogP contribution in [0.15, 0.2) is 158 Å². The highest BCUT2D eigenvalue weighted by atomic mass is 28.3. The first-order valence-corrected chi connectivity index (χ1v) is 22.7. The van der Waals surface area contributed by atoms with Crippen LogP contribution < -0.4 is 10.4 Å². The third-order valence-electron chi connectivity index (χ3n) is 12.7. The van der Waals surface area contributed by atoms with Crippen LogP contribution >= 0.6 is 0 Å². The van der Waals surface area contributed by atoms with E-state index >= 15 is 0 Å². The molecule has 0 nitrogen and oxygen atoms in total. The fourth-order valence-electron chi connectivity index (χ4n) is 9.16. The maximum absolute atomic E-state index is 4.80. The van der Waals surface area contributed by atoms with Crippen LogP contribution in [0.5, 0.6) is 0 Å². The first-order valence-electron chi connectivity index (χ1n) is 20.5. The molecule has 2 atom stereocenters. The summed E-state index contributed by atoms with van der Waals surface area (Å²) in [5.74, 6) is 0. The van der Waals surface area contributed by atoms with Crippen molar-refractivity contribution in [2.24, 2.45) is 0 Å². The first-order chi connectivity index (χ1) is 27.1. The molecule has 0 amide bonds. The Kier molecular flexibility index (Phi) is 12.5. The van der Waals surface area contributed by atoms with Crippen molar-refractivity contribution in [2.45, 2.75) is 83.3 Å². The normalized spacial score (nSPS) is 16.5. The first kappa shape index (κ1) is 40.4. The van der Waals surface area contributed by atoms with Gasteiger partial charge in [-0.1, -0.05) is 200 Å². The number of hydrogen-bond acceptors (Lipinski definition) is 0. The minimum atomic E-state index is -0.648. The molecule has 1 aliphatic carbocycles. The summed E-state index contributed by atoms with van der Waals surface area (Å²) in [6, 6.07) is 42.0. The van der Waals surface area contributed by atoms with E-state index in [4.69, 9.17) is 6.58 Å². The highest BCUT2D eigenvalue weighted by Crippen LogP contribution is 2.59. The van der Waals surface area contributed by atoms with Gasteiger partial charge in [0, 0.05) is 0 Å². The zero-order valence-electron chi connectivity index (χ0n) is 34.6. The average molecular weight is 748 g/mol. The van der Waals surface area contributed by atoms with Crippen molar-refractivity contribution >= 4 is 33.1 Å². The maximum Gasteiger partial charge on any atom is 0.0725 e. The van der Waals surface area contributed by atoms with Crippen LogP contribution in [0.1, 0.15) is 93.7 Å². The quantitative estimate of drug-likeness (QED) is 0.0557. The molecule has 0 aliphatic heterocycles. The van der Waals surface area contributed by atoms with Gasteiger partial charge in [-0.25, -0.2) is 0 Å². The molecule has 0 N–H and O–H groups in total. The van der Waals surface area contributed by atoms with E-state index in [1.54, 1.807) is 5.57 Å². The van der Waals surface area contributed by atoms with Crippen molar-refractivity contribution in [1.29, 1.82) is 0 Å². The molecule has 283 valence electrons. The lowest BCUT2D eigenvalue weighted by Crippen LogP contribution is -2.31. The van der Waals surface area contributed by atoms with Crippen molar-refractivity contribution < 1.29 is 0 Å². The van der Waals surface area contributed by atoms with Crippen LogP contribution in [0.25, 0.3) is 46.6 Å². The molecular weight excluding hydrogens is 689 g/mol. The Morgan fingerprint density at radius 3 is 2.02 bits per heavy atom. The smallest absolute Gasteiger partial charge is 0.0725 e. The lowest BCUT2D eigenvalue weighted by atomic mass is 9.64. The Balaban J connectivity index is 1.66. The van der Waals surface area contributed by atoms with Gasteiger partial charge in [-0.3, -0.25) is 0 Å². The van der Waals surface area contributed by atoms with Gasteiger partial charge in [0.25, 0.3) is 0 Å². The van der Waals surface area contributed by atoms with E-state index in [1.807, 2.05) is 6.08 Å². The standard InChI is InChI=1S/C55H59Si/c1-11-16-24-42(23-12-2)46-25-17-20-28-50(46)55(51-29-21-18-26-47(51)44-33-31-39(6)41(8)37-44)52-30-22-19-27-48(52)49-36-34-43(38-53(49)55)40(7)32-35-45(13-3)54(9,14-4)56(10)15-5/h11,13,16-31,33-34,36-38H,1,6-8,12,14-15,32,35H2,2-5,9-10H3/b24-16-,42-23+,45-13+. The molecule has 5 aromatic rings. The van der Waals surface area contributed by atoms with Crippen molar-refractivity contribution in [3.63, 3.8) is 0 Å². The second-order valence-corrected chi connectivity index (χ2v) is 18.9. The van der Waals surface area contributed by atoms with E-state index < -0.39 is 14.2 Å². The third-order valence-corrected chi connectivity index (χ3v) is 16.3. The Bertz CT molecular complexity index is 2450. The van der Waals surface area contributed by atoms with E-state index in [9.17, 15) is 0 Å². The zero-order valence-corrected chi connectivity index (χ0v) is 35.6. The second-order valence-electron chi connectivity index (χ2n) is 15.5. The Hall–Kier alpha value is -5.24. The van der Waals surface area contributed by atoms with Gasteiger partial charge >= 0.3 is 0 Å². The Morgan fingerprint density at radius 2 is 1.38 bits per heavy atom. The molecule has 56 heavy (non-hydrogen) atoms. The summed E-state index contributed by atoms with van der Waals surface area (Å²) >= 11 is 0. The molecule has 0 bridgehead atoms. The SMILES string of the molecule is C=C/C=C\C(=C/CC)c1ccccc1C1(c2ccccc2-c2ccc(=C)c(=C)c2)c2ccccc2-c2ccc(C(=C)CC/C(=C\C)C(C)(CC)[Si](C)CC)cc21. The molecule has 6 rings (SSSR count).